The molecular formula is C14H29N3S. The number of hydrogen-bond donors (Lipinski definition) is 2. The van der Waals surface area contributed by atoms with E-state index in [4.69, 9.17) is 0 Å². The first-order valence-corrected chi connectivity index (χ1v) is 7.91. The van der Waals surface area contributed by atoms with Crippen LogP contribution >= 0.6 is 11.8 Å². The molecule has 106 valence electrons. The van der Waals surface area contributed by atoms with Crippen molar-refractivity contribution in [3.63, 3.8) is 0 Å². The third-order valence-electron chi connectivity index (χ3n) is 2.56. The van der Waals surface area contributed by atoms with E-state index in [0.29, 0.717) is 6.04 Å². The minimum Gasteiger partial charge on any atom is -0.356 e. The Balaban J connectivity index is 3.72. The van der Waals surface area contributed by atoms with Gasteiger partial charge < -0.3 is 10.6 Å². The van der Waals surface area contributed by atoms with Gasteiger partial charge in [-0.25, -0.2) is 0 Å². The van der Waals surface area contributed by atoms with Crippen molar-refractivity contribution in [2.75, 3.05) is 25.1 Å². The lowest BCUT2D eigenvalue weighted by molar-refractivity contribution is 0.489. The maximum Gasteiger partial charge on any atom is 0.191 e. The van der Waals surface area contributed by atoms with E-state index in [-0.39, 0.29) is 0 Å². The molecule has 0 bridgehead atoms. The summed E-state index contributed by atoms with van der Waals surface area (Å²) in [6.07, 6.45) is 4.37. The Morgan fingerprint density at radius 1 is 1.33 bits per heavy atom. The van der Waals surface area contributed by atoms with Crippen LogP contribution < -0.4 is 10.6 Å². The summed E-state index contributed by atoms with van der Waals surface area (Å²) in [4.78, 5) is 4.24. The monoisotopic (exact) mass is 271 g/mol. The second-order valence-corrected chi connectivity index (χ2v) is 6.03. The van der Waals surface area contributed by atoms with Gasteiger partial charge in [-0.2, -0.15) is 11.8 Å². The Labute approximate surface area is 117 Å². The summed E-state index contributed by atoms with van der Waals surface area (Å²) in [6.45, 7) is 11.4. The smallest absolute Gasteiger partial charge is 0.191 e. The Morgan fingerprint density at radius 2 is 2.06 bits per heavy atom. The molecule has 0 saturated heterocycles. The van der Waals surface area contributed by atoms with Crippen molar-refractivity contribution in [3.05, 3.63) is 12.7 Å². The molecule has 0 amide bonds. The molecule has 1 unspecified atom stereocenters. The van der Waals surface area contributed by atoms with Crippen molar-refractivity contribution >= 4 is 17.7 Å². The predicted octanol–water partition coefficient (Wildman–Crippen LogP) is 2.90. The Hall–Kier alpha value is -0.640. The summed E-state index contributed by atoms with van der Waals surface area (Å²) in [5.74, 6) is 3.76. The number of hydrogen-bond acceptors (Lipinski definition) is 2. The number of nitrogens with one attached hydrogen (secondary N) is 2. The van der Waals surface area contributed by atoms with Gasteiger partial charge >= 0.3 is 0 Å². The van der Waals surface area contributed by atoms with Gasteiger partial charge in [-0.15, -0.1) is 6.58 Å². The maximum absolute atomic E-state index is 4.24. The standard InChI is InChI=1S/C14H29N3S/c1-6-10-18-11-9-16-14(15-5)17-13(4)8-7-12(2)3/h6,12-13H,1,7-11H2,2-5H3,(H2,15,16,17). The van der Waals surface area contributed by atoms with E-state index in [1.807, 2.05) is 24.9 Å². The van der Waals surface area contributed by atoms with Crippen LogP contribution in [0.3, 0.4) is 0 Å². The van der Waals surface area contributed by atoms with E-state index in [1.165, 1.54) is 12.8 Å². The molecule has 0 aliphatic carbocycles. The molecule has 0 heterocycles. The van der Waals surface area contributed by atoms with Crippen molar-refractivity contribution in [2.45, 2.75) is 39.7 Å². The number of nitrogens with zero attached hydrogens (tertiary/aromatic N) is 1. The number of guanidine groups is 1. The molecule has 0 aliphatic heterocycles. The topological polar surface area (TPSA) is 36.4 Å². The van der Waals surface area contributed by atoms with Crippen LogP contribution in [0.25, 0.3) is 0 Å². The number of rotatable bonds is 9. The van der Waals surface area contributed by atoms with Crippen LogP contribution in [-0.2, 0) is 0 Å². The summed E-state index contributed by atoms with van der Waals surface area (Å²) in [6, 6.07) is 0.472. The van der Waals surface area contributed by atoms with Crippen LogP contribution in [0.1, 0.15) is 33.6 Å². The quantitative estimate of drug-likeness (QED) is 0.293. The first-order chi connectivity index (χ1) is 8.60. The lowest BCUT2D eigenvalue weighted by Crippen LogP contribution is -2.43. The minimum absolute atomic E-state index is 0.472. The second-order valence-electron chi connectivity index (χ2n) is 4.88. The Kier molecular flexibility index (Phi) is 11.0. The fourth-order valence-corrected chi connectivity index (χ4v) is 2.07. The minimum atomic E-state index is 0.472. The van der Waals surface area contributed by atoms with Gasteiger partial charge in [0.05, 0.1) is 0 Å². The molecule has 0 saturated carbocycles. The number of aliphatic imine (C=N–C) groups is 1. The molecule has 4 heteroatoms. The van der Waals surface area contributed by atoms with Gasteiger partial charge in [-0.1, -0.05) is 19.9 Å². The van der Waals surface area contributed by atoms with Crippen LogP contribution in [0.2, 0.25) is 0 Å². The number of thioether (sulfide) groups is 1. The normalized spacial score (nSPS) is 13.5. The van der Waals surface area contributed by atoms with Crippen LogP contribution in [0, 0.1) is 5.92 Å². The average molecular weight is 271 g/mol. The molecule has 18 heavy (non-hydrogen) atoms. The van der Waals surface area contributed by atoms with Crippen molar-refractivity contribution in [1.82, 2.24) is 10.6 Å². The third kappa shape index (κ3) is 10.5. The van der Waals surface area contributed by atoms with Gasteiger partial charge in [0, 0.05) is 31.1 Å². The zero-order chi connectivity index (χ0) is 13.8. The largest absolute Gasteiger partial charge is 0.356 e. The summed E-state index contributed by atoms with van der Waals surface area (Å²) >= 11 is 1.88. The lowest BCUT2D eigenvalue weighted by Gasteiger charge is -2.18. The highest BCUT2D eigenvalue weighted by Crippen LogP contribution is 2.06. The van der Waals surface area contributed by atoms with Crippen LogP contribution in [0.5, 0.6) is 0 Å². The molecule has 0 aromatic heterocycles. The molecular weight excluding hydrogens is 242 g/mol. The molecule has 0 spiro atoms. The van der Waals surface area contributed by atoms with Gasteiger partial charge in [0.2, 0.25) is 0 Å². The van der Waals surface area contributed by atoms with Crippen LogP contribution in [0.15, 0.2) is 17.6 Å². The first kappa shape index (κ1) is 17.4. The highest BCUT2D eigenvalue weighted by Gasteiger charge is 2.05. The SMILES string of the molecule is C=CCSCCNC(=NC)NC(C)CCC(C)C. The predicted molar refractivity (Wildman–Crippen MR) is 85.6 cm³/mol. The van der Waals surface area contributed by atoms with E-state index in [1.54, 1.807) is 0 Å². The Bertz CT molecular complexity index is 239. The van der Waals surface area contributed by atoms with Gasteiger partial charge in [0.15, 0.2) is 5.96 Å². The molecule has 0 aliphatic rings. The van der Waals surface area contributed by atoms with Crippen LogP contribution in [-0.4, -0.2) is 37.1 Å². The van der Waals surface area contributed by atoms with E-state index < -0.39 is 0 Å². The van der Waals surface area contributed by atoms with Crippen molar-refractivity contribution in [1.29, 1.82) is 0 Å². The second kappa shape index (κ2) is 11.5. The molecule has 0 fully saturated rings. The Morgan fingerprint density at radius 3 is 2.61 bits per heavy atom. The zero-order valence-electron chi connectivity index (χ0n) is 12.3. The first-order valence-electron chi connectivity index (χ1n) is 6.76. The molecule has 0 aromatic rings. The maximum atomic E-state index is 4.24. The van der Waals surface area contributed by atoms with E-state index in [0.717, 1.165) is 29.9 Å². The van der Waals surface area contributed by atoms with E-state index in [9.17, 15) is 0 Å². The van der Waals surface area contributed by atoms with Gasteiger partial charge in [-0.3, -0.25) is 4.99 Å². The molecule has 0 radical (unpaired) electrons. The highest BCUT2D eigenvalue weighted by atomic mass is 32.2. The molecule has 1 atom stereocenters. The van der Waals surface area contributed by atoms with Gasteiger partial charge in [-0.05, 0) is 25.7 Å². The highest BCUT2D eigenvalue weighted by molar-refractivity contribution is 7.99. The van der Waals surface area contributed by atoms with Gasteiger partial charge in [0.25, 0.3) is 0 Å². The van der Waals surface area contributed by atoms with Crippen LogP contribution in [0.4, 0.5) is 0 Å². The fourth-order valence-electron chi connectivity index (χ4n) is 1.49. The zero-order valence-corrected chi connectivity index (χ0v) is 13.1. The molecule has 0 rings (SSSR count). The summed E-state index contributed by atoms with van der Waals surface area (Å²) < 4.78 is 0. The summed E-state index contributed by atoms with van der Waals surface area (Å²) in [5.41, 5.74) is 0. The summed E-state index contributed by atoms with van der Waals surface area (Å²) in [7, 11) is 1.82. The molecule has 3 nitrogen and oxygen atoms in total. The van der Waals surface area contributed by atoms with Crippen molar-refractivity contribution in [3.8, 4) is 0 Å². The van der Waals surface area contributed by atoms with E-state index >= 15 is 0 Å². The molecule has 2 N–H and O–H groups in total. The third-order valence-corrected chi connectivity index (χ3v) is 3.52. The van der Waals surface area contributed by atoms with Crippen molar-refractivity contribution in [2.24, 2.45) is 10.9 Å². The van der Waals surface area contributed by atoms with Gasteiger partial charge in [0.1, 0.15) is 0 Å². The summed E-state index contributed by atoms with van der Waals surface area (Å²) in [5, 5.41) is 6.75. The fraction of sp³-hybridized carbons (Fsp3) is 0.786. The average Bonchev–Trinajstić information content (AvgIpc) is 2.34. The van der Waals surface area contributed by atoms with Crippen molar-refractivity contribution < 1.29 is 0 Å². The molecule has 0 aromatic carbocycles. The van der Waals surface area contributed by atoms with E-state index in [2.05, 4.69) is 43.0 Å². The lowest BCUT2D eigenvalue weighted by atomic mass is 10.0.